The molecular formula is C17H16FN3. The lowest BCUT2D eigenvalue weighted by Gasteiger charge is -2.10. The maximum Gasteiger partial charge on any atom is 0.162 e. The molecule has 0 fully saturated rings. The van der Waals surface area contributed by atoms with Crippen LogP contribution in [0.5, 0.6) is 0 Å². The van der Waals surface area contributed by atoms with E-state index in [1.54, 1.807) is 13.0 Å². The second-order valence-electron chi connectivity index (χ2n) is 5.08. The summed E-state index contributed by atoms with van der Waals surface area (Å²) >= 11 is 0. The molecule has 0 atom stereocenters. The van der Waals surface area contributed by atoms with Crippen LogP contribution in [-0.4, -0.2) is 17.0 Å². The Kier molecular flexibility index (Phi) is 3.29. The van der Waals surface area contributed by atoms with Crippen LogP contribution in [0.2, 0.25) is 0 Å². The van der Waals surface area contributed by atoms with Crippen molar-refractivity contribution in [3.8, 4) is 11.4 Å². The van der Waals surface area contributed by atoms with Crippen molar-refractivity contribution in [3.63, 3.8) is 0 Å². The quantitative estimate of drug-likeness (QED) is 0.768. The molecule has 3 rings (SSSR count). The molecule has 0 radical (unpaired) electrons. The van der Waals surface area contributed by atoms with Crippen molar-refractivity contribution in [3.05, 3.63) is 53.3 Å². The first-order valence-electron chi connectivity index (χ1n) is 6.82. The Morgan fingerprint density at radius 1 is 1.00 bits per heavy atom. The average molecular weight is 281 g/mol. The predicted octanol–water partition coefficient (Wildman–Crippen LogP) is 4.09. The standard InChI is InChI=1S/C17H16FN3/c1-10-7-8-12(9-14(10)18)16-20-15-11(2)5-4-6-13(15)17(19-3)21-16/h4-9H,1-3H3,(H,19,20,21). The van der Waals surface area contributed by atoms with Crippen LogP contribution in [0.1, 0.15) is 11.1 Å². The van der Waals surface area contributed by atoms with Gasteiger partial charge in [0.25, 0.3) is 0 Å². The fourth-order valence-corrected chi connectivity index (χ4v) is 2.35. The third-order valence-electron chi connectivity index (χ3n) is 3.60. The zero-order valence-electron chi connectivity index (χ0n) is 12.2. The van der Waals surface area contributed by atoms with Crippen molar-refractivity contribution in [2.24, 2.45) is 0 Å². The van der Waals surface area contributed by atoms with Crippen molar-refractivity contribution in [2.75, 3.05) is 12.4 Å². The van der Waals surface area contributed by atoms with E-state index in [-0.39, 0.29) is 5.82 Å². The van der Waals surface area contributed by atoms with Gasteiger partial charge in [0.2, 0.25) is 0 Å². The van der Waals surface area contributed by atoms with Gasteiger partial charge in [0.1, 0.15) is 11.6 Å². The van der Waals surface area contributed by atoms with Crippen LogP contribution in [0.15, 0.2) is 36.4 Å². The lowest BCUT2D eigenvalue weighted by Crippen LogP contribution is -2.00. The number of hydrogen-bond donors (Lipinski definition) is 1. The largest absolute Gasteiger partial charge is 0.373 e. The topological polar surface area (TPSA) is 37.8 Å². The van der Waals surface area contributed by atoms with Gasteiger partial charge in [0.05, 0.1) is 5.52 Å². The lowest BCUT2D eigenvalue weighted by atomic mass is 10.1. The van der Waals surface area contributed by atoms with Gasteiger partial charge < -0.3 is 5.32 Å². The van der Waals surface area contributed by atoms with E-state index < -0.39 is 0 Å². The highest BCUT2D eigenvalue weighted by Crippen LogP contribution is 2.27. The summed E-state index contributed by atoms with van der Waals surface area (Å²) in [6, 6.07) is 11.0. The summed E-state index contributed by atoms with van der Waals surface area (Å²) in [7, 11) is 1.82. The maximum absolute atomic E-state index is 13.8. The first-order chi connectivity index (χ1) is 10.1. The highest BCUT2D eigenvalue weighted by atomic mass is 19.1. The van der Waals surface area contributed by atoms with E-state index in [4.69, 9.17) is 0 Å². The highest BCUT2D eigenvalue weighted by molar-refractivity contribution is 5.92. The monoisotopic (exact) mass is 281 g/mol. The van der Waals surface area contributed by atoms with E-state index in [9.17, 15) is 4.39 Å². The minimum atomic E-state index is -0.244. The molecule has 0 saturated heterocycles. The summed E-state index contributed by atoms with van der Waals surface area (Å²) in [5.41, 5.74) is 3.25. The number of aryl methyl sites for hydroxylation is 2. The van der Waals surface area contributed by atoms with Gasteiger partial charge in [-0.2, -0.15) is 0 Å². The molecule has 0 aliphatic rings. The van der Waals surface area contributed by atoms with Gasteiger partial charge in [-0.15, -0.1) is 0 Å². The summed E-state index contributed by atoms with van der Waals surface area (Å²) in [6.45, 7) is 3.75. The minimum Gasteiger partial charge on any atom is -0.373 e. The van der Waals surface area contributed by atoms with Crippen LogP contribution in [0.3, 0.4) is 0 Å². The number of nitrogens with zero attached hydrogens (tertiary/aromatic N) is 2. The van der Waals surface area contributed by atoms with Gasteiger partial charge in [0.15, 0.2) is 5.82 Å². The molecule has 0 unspecified atom stereocenters. The molecule has 0 aliphatic carbocycles. The first-order valence-corrected chi connectivity index (χ1v) is 6.82. The molecule has 3 aromatic rings. The van der Waals surface area contributed by atoms with Gasteiger partial charge in [-0.1, -0.05) is 24.3 Å². The van der Waals surface area contributed by atoms with Crippen LogP contribution in [0.25, 0.3) is 22.3 Å². The van der Waals surface area contributed by atoms with E-state index in [1.165, 1.54) is 6.07 Å². The fraction of sp³-hybridized carbons (Fsp3) is 0.176. The zero-order valence-corrected chi connectivity index (χ0v) is 12.2. The molecule has 0 bridgehead atoms. The van der Waals surface area contributed by atoms with Crippen molar-refractivity contribution in [1.82, 2.24) is 9.97 Å². The van der Waals surface area contributed by atoms with Crippen LogP contribution in [0.4, 0.5) is 10.2 Å². The van der Waals surface area contributed by atoms with Gasteiger partial charge in [-0.3, -0.25) is 0 Å². The molecule has 1 heterocycles. The lowest BCUT2D eigenvalue weighted by molar-refractivity contribution is 0.619. The first kappa shape index (κ1) is 13.5. The van der Waals surface area contributed by atoms with Gasteiger partial charge >= 0.3 is 0 Å². The van der Waals surface area contributed by atoms with Crippen molar-refractivity contribution in [2.45, 2.75) is 13.8 Å². The van der Waals surface area contributed by atoms with E-state index in [0.717, 1.165) is 22.3 Å². The van der Waals surface area contributed by atoms with Crippen molar-refractivity contribution >= 4 is 16.7 Å². The molecule has 21 heavy (non-hydrogen) atoms. The molecule has 1 N–H and O–H groups in total. The molecule has 1 aromatic heterocycles. The molecule has 0 amide bonds. The van der Waals surface area contributed by atoms with Gasteiger partial charge in [-0.25, -0.2) is 14.4 Å². The number of aromatic nitrogens is 2. The fourth-order valence-electron chi connectivity index (χ4n) is 2.35. The Morgan fingerprint density at radius 2 is 1.81 bits per heavy atom. The third-order valence-corrected chi connectivity index (χ3v) is 3.60. The van der Waals surface area contributed by atoms with Crippen molar-refractivity contribution in [1.29, 1.82) is 0 Å². The zero-order chi connectivity index (χ0) is 15.0. The molecule has 106 valence electrons. The Labute approximate surface area is 122 Å². The number of fused-ring (bicyclic) bond motifs is 1. The molecular weight excluding hydrogens is 265 g/mol. The summed E-state index contributed by atoms with van der Waals surface area (Å²) in [5.74, 6) is 1.03. The number of halogens is 1. The average Bonchev–Trinajstić information content (AvgIpc) is 2.49. The smallest absolute Gasteiger partial charge is 0.162 e. The maximum atomic E-state index is 13.8. The van der Waals surface area contributed by atoms with E-state index in [0.29, 0.717) is 17.0 Å². The molecule has 0 aliphatic heterocycles. The Balaban J connectivity index is 2.28. The van der Waals surface area contributed by atoms with Crippen molar-refractivity contribution < 1.29 is 4.39 Å². The summed E-state index contributed by atoms with van der Waals surface area (Å²) in [4.78, 5) is 9.12. The summed E-state index contributed by atoms with van der Waals surface area (Å²) in [6.07, 6.45) is 0. The molecule has 2 aromatic carbocycles. The minimum absolute atomic E-state index is 0.244. The second kappa shape index (κ2) is 5.13. The Bertz CT molecular complexity index is 828. The summed E-state index contributed by atoms with van der Waals surface area (Å²) < 4.78 is 13.8. The number of nitrogens with one attached hydrogen (secondary N) is 1. The number of benzene rings is 2. The number of hydrogen-bond acceptors (Lipinski definition) is 3. The summed E-state index contributed by atoms with van der Waals surface area (Å²) in [5, 5.41) is 4.05. The van der Waals surface area contributed by atoms with Crippen LogP contribution in [0, 0.1) is 19.7 Å². The molecule has 4 heteroatoms. The number of para-hydroxylation sites is 1. The number of rotatable bonds is 2. The van der Waals surface area contributed by atoms with E-state index >= 15 is 0 Å². The third kappa shape index (κ3) is 2.33. The van der Waals surface area contributed by atoms with Gasteiger partial charge in [-0.05, 0) is 37.1 Å². The van der Waals surface area contributed by atoms with Crippen LogP contribution >= 0.6 is 0 Å². The van der Waals surface area contributed by atoms with Gasteiger partial charge in [0, 0.05) is 18.0 Å². The highest BCUT2D eigenvalue weighted by Gasteiger charge is 2.11. The molecule has 0 spiro atoms. The van der Waals surface area contributed by atoms with Crippen LogP contribution in [-0.2, 0) is 0 Å². The van der Waals surface area contributed by atoms with E-state index in [1.807, 2.05) is 38.2 Å². The predicted molar refractivity (Wildman–Crippen MR) is 84.0 cm³/mol. The number of anilines is 1. The Morgan fingerprint density at radius 3 is 2.52 bits per heavy atom. The normalized spacial score (nSPS) is 10.9. The van der Waals surface area contributed by atoms with Crippen LogP contribution < -0.4 is 5.32 Å². The second-order valence-corrected chi connectivity index (χ2v) is 5.08. The SMILES string of the molecule is CNc1nc(-c2ccc(C)c(F)c2)nc2c(C)cccc12. The Hall–Kier alpha value is -2.49. The molecule has 3 nitrogen and oxygen atoms in total. The molecule has 0 saturated carbocycles. The van der Waals surface area contributed by atoms with E-state index in [2.05, 4.69) is 15.3 Å².